The number of methoxy groups -OCH3 is 4. The van der Waals surface area contributed by atoms with Crippen LogP contribution in [0.15, 0.2) is 48.5 Å². The third-order valence-electron chi connectivity index (χ3n) is 5.94. The minimum atomic E-state index is -0.530. The molecule has 0 bridgehead atoms. The maximum absolute atomic E-state index is 13.5. The van der Waals surface area contributed by atoms with Gasteiger partial charge in [0.1, 0.15) is 6.61 Å². The summed E-state index contributed by atoms with van der Waals surface area (Å²) in [7, 11) is 6.23. The lowest BCUT2D eigenvalue weighted by Crippen LogP contribution is -2.14. The molecule has 0 N–H and O–H groups in total. The fourth-order valence-electron chi connectivity index (χ4n) is 4.20. The number of carbonyl (C=O) groups is 1. The van der Waals surface area contributed by atoms with E-state index in [0.717, 1.165) is 5.69 Å². The van der Waals surface area contributed by atoms with Gasteiger partial charge in [0, 0.05) is 28.8 Å². The second kappa shape index (κ2) is 11.7. The first-order valence-electron chi connectivity index (χ1n) is 12.0. The minimum Gasteiger partial charge on any atom is -0.493 e. The molecule has 0 amide bonds. The standard InChI is InChI=1S/C29H30N2O7/c1-7-37-29(32)28-21(16-38-26-10-8-9-17(2)30-26)31-20-15-25(36-6)24(35-5)14-19(20)27(28)18-11-12-22(33-3)23(13-18)34-4/h8-15H,7,16H2,1-6H3. The zero-order valence-corrected chi connectivity index (χ0v) is 22.3. The Labute approximate surface area is 221 Å². The average Bonchev–Trinajstić information content (AvgIpc) is 2.94. The van der Waals surface area contributed by atoms with Crippen molar-refractivity contribution in [2.75, 3.05) is 35.0 Å². The number of esters is 1. The van der Waals surface area contributed by atoms with Crippen LogP contribution in [0.25, 0.3) is 22.0 Å². The fraction of sp³-hybridized carbons (Fsp3) is 0.276. The molecule has 0 aliphatic heterocycles. The van der Waals surface area contributed by atoms with Crippen molar-refractivity contribution >= 4 is 16.9 Å². The molecule has 2 aromatic carbocycles. The Morgan fingerprint density at radius 2 is 1.50 bits per heavy atom. The van der Waals surface area contributed by atoms with E-state index >= 15 is 0 Å². The Balaban J connectivity index is 2.03. The largest absolute Gasteiger partial charge is 0.493 e. The van der Waals surface area contributed by atoms with Gasteiger partial charge in [0.15, 0.2) is 23.0 Å². The highest BCUT2D eigenvalue weighted by Crippen LogP contribution is 2.42. The normalized spacial score (nSPS) is 10.7. The van der Waals surface area contributed by atoms with Crippen molar-refractivity contribution in [2.24, 2.45) is 0 Å². The van der Waals surface area contributed by atoms with E-state index in [4.69, 9.17) is 33.4 Å². The molecule has 0 aliphatic rings. The summed E-state index contributed by atoms with van der Waals surface area (Å²) in [6.45, 7) is 3.80. The molecule has 2 heterocycles. The van der Waals surface area contributed by atoms with Gasteiger partial charge in [-0.05, 0) is 43.7 Å². The molecule has 2 aromatic heterocycles. The van der Waals surface area contributed by atoms with Gasteiger partial charge in [-0.15, -0.1) is 0 Å². The summed E-state index contributed by atoms with van der Waals surface area (Å²) >= 11 is 0. The van der Waals surface area contributed by atoms with Crippen LogP contribution < -0.4 is 23.7 Å². The number of nitrogens with zero attached hydrogens (tertiary/aromatic N) is 2. The SMILES string of the molecule is CCOC(=O)c1c(COc2cccc(C)n2)nc2cc(OC)c(OC)cc2c1-c1ccc(OC)c(OC)c1. The van der Waals surface area contributed by atoms with Gasteiger partial charge in [0.2, 0.25) is 5.88 Å². The number of carbonyl (C=O) groups excluding carboxylic acids is 1. The van der Waals surface area contributed by atoms with Crippen LogP contribution in [-0.4, -0.2) is 51.0 Å². The summed E-state index contributed by atoms with van der Waals surface area (Å²) in [5, 5.41) is 0.662. The average molecular weight is 519 g/mol. The molecule has 38 heavy (non-hydrogen) atoms. The number of pyridine rings is 2. The van der Waals surface area contributed by atoms with Crippen LogP contribution in [0.4, 0.5) is 0 Å². The van der Waals surface area contributed by atoms with E-state index in [1.165, 1.54) is 0 Å². The van der Waals surface area contributed by atoms with Crippen molar-refractivity contribution in [2.45, 2.75) is 20.5 Å². The van der Waals surface area contributed by atoms with E-state index in [-0.39, 0.29) is 18.8 Å². The number of aryl methyl sites for hydroxylation is 1. The molecule has 198 valence electrons. The van der Waals surface area contributed by atoms with Crippen molar-refractivity contribution in [3.05, 3.63) is 65.5 Å². The summed E-state index contributed by atoms with van der Waals surface area (Å²) in [5.74, 6) is 1.94. The van der Waals surface area contributed by atoms with Crippen LogP contribution in [0.3, 0.4) is 0 Å². The van der Waals surface area contributed by atoms with Crippen LogP contribution in [0.5, 0.6) is 28.9 Å². The van der Waals surface area contributed by atoms with Gasteiger partial charge in [-0.3, -0.25) is 0 Å². The van der Waals surface area contributed by atoms with Crippen molar-refractivity contribution in [1.29, 1.82) is 0 Å². The molecule has 4 rings (SSSR count). The van der Waals surface area contributed by atoms with Crippen LogP contribution in [0, 0.1) is 6.92 Å². The number of ether oxygens (including phenoxy) is 6. The summed E-state index contributed by atoms with van der Waals surface area (Å²) in [6.07, 6.45) is 0. The van der Waals surface area contributed by atoms with Crippen LogP contribution in [-0.2, 0) is 11.3 Å². The molecule has 0 saturated carbocycles. The number of hydrogen-bond acceptors (Lipinski definition) is 9. The number of rotatable bonds is 10. The van der Waals surface area contributed by atoms with Crippen LogP contribution in [0.1, 0.15) is 28.7 Å². The molecule has 0 atom stereocenters. The summed E-state index contributed by atoms with van der Waals surface area (Å²) in [6, 6.07) is 14.5. The third-order valence-corrected chi connectivity index (χ3v) is 5.94. The highest BCUT2D eigenvalue weighted by Gasteiger charge is 2.26. The predicted octanol–water partition coefficient (Wildman–Crippen LogP) is 5.40. The highest BCUT2D eigenvalue weighted by molar-refractivity contribution is 6.08. The van der Waals surface area contributed by atoms with E-state index in [1.807, 2.05) is 25.1 Å². The monoisotopic (exact) mass is 518 g/mol. The quantitative estimate of drug-likeness (QED) is 0.256. The maximum atomic E-state index is 13.5. The van der Waals surface area contributed by atoms with Crippen molar-refractivity contribution in [1.82, 2.24) is 9.97 Å². The molecule has 0 fully saturated rings. The zero-order chi connectivity index (χ0) is 27.2. The zero-order valence-electron chi connectivity index (χ0n) is 22.3. The molecule has 9 heteroatoms. The third kappa shape index (κ3) is 5.27. The summed E-state index contributed by atoms with van der Waals surface area (Å²) < 4.78 is 33.5. The van der Waals surface area contributed by atoms with Gasteiger partial charge in [0.05, 0.1) is 51.8 Å². The molecule has 4 aromatic rings. The van der Waals surface area contributed by atoms with Gasteiger partial charge < -0.3 is 28.4 Å². The first-order chi connectivity index (χ1) is 18.4. The predicted molar refractivity (Wildman–Crippen MR) is 143 cm³/mol. The molecule has 9 nitrogen and oxygen atoms in total. The van der Waals surface area contributed by atoms with Gasteiger partial charge in [0.25, 0.3) is 0 Å². The van der Waals surface area contributed by atoms with E-state index in [0.29, 0.717) is 56.6 Å². The summed E-state index contributed by atoms with van der Waals surface area (Å²) in [4.78, 5) is 22.7. The summed E-state index contributed by atoms with van der Waals surface area (Å²) in [5.41, 5.74) is 3.33. The minimum absolute atomic E-state index is 0.0187. The van der Waals surface area contributed by atoms with Gasteiger partial charge >= 0.3 is 5.97 Å². The Morgan fingerprint density at radius 3 is 2.16 bits per heavy atom. The van der Waals surface area contributed by atoms with E-state index in [1.54, 1.807) is 65.7 Å². The first-order valence-corrected chi connectivity index (χ1v) is 12.0. The molecule has 0 unspecified atom stereocenters. The van der Waals surface area contributed by atoms with E-state index in [2.05, 4.69) is 4.98 Å². The fourth-order valence-corrected chi connectivity index (χ4v) is 4.20. The molecule has 0 saturated heterocycles. The number of hydrogen-bond donors (Lipinski definition) is 0. The molecular formula is C29H30N2O7. The number of aromatic nitrogens is 2. The van der Waals surface area contributed by atoms with Crippen molar-refractivity contribution < 1.29 is 33.2 Å². The molecule has 0 aliphatic carbocycles. The Kier molecular flexibility index (Phi) is 8.15. The lowest BCUT2D eigenvalue weighted by molar-refractivity contribution is 0.0523. The highest BCUT2D eigenvalue weighted by atomic mass is 16.5. The lowest BCUT2D eigenvalue weighted by atomic mass is 9.93. The van der Waals surface area contributed by atoms with Crippen LogP contribution in [0.2, 0.25) is 0 Å². The Hall–Kier alpha value is -4.53. The topological polar surface area (TPSA) is 98.2 Å². The van der Waals surface area contributed by atoms with E-state index < -0.39 is 5.97 Å². The van der Waals surface area contributed by atoms with Gasteiger partial charge in [-0.25, -0.2) is 14.8 Å². The molecule has 0 spiro atoms. The van der Waals surface area contributed by atoms with E-state index in [9.17, 15) is 4.79 Å². The molecule has 0 radical (unpaired) electrons. The Bertz CT molecular complexity index is 1470. The van der Waals surface area contributed by atoms with Gasteiger partial charge in [-0.1, -0.05) is 12.1 Å². The van der Waals surface area contributed by atoms with Gasteiger partial charge in [-0.2, -0.15) is 0 Å². The van der Waals surface area contributed by atoms with Crippen molar-refractivity contribution in [3.63, 3.8) is 0 Å². The van der Waals surface area contributed by atoms with Crippen molar-refractivity contribution in [3.8, 4) is 40.0 Å². The van der Waals surface area contributed by atoms with Crippen LogP contribution >= 0.6 is 0 Å². The number of fused-ring (bicyclic) bond motifs is 1. The second-order valence-electron chi connectivity index (χ2n) is 8.23. The first kappa shape index (κ1) is 26.5. The maximum Gasteiger partial charge on any atom is 0.340 e. The Morgan fingerprint density at radius 1 is 0.816 bits per heavy atom. The lowest BCUT2D eigenvalue weighted by Gasteiger charge is -2.19. The second-order valence-corrected chi connectivity index (χ2v) is 8.23. The number of benzene rings is 2. The smallest absolute Gasteiger partial charge is 0.340 e. The molecular weight excluding hydrogens is 488 g/mol.